The summed E-state index contributed by atoms with van der Waals surface area (Å²) in [5.74, 6) is 0.267. The van der Waals surface area contributed by atoms with Crippen molar-refractivity contribution >= 4 is 11.5 Å². The fraction of sp³-hybridized carbons (Fsp3) is 0.409. The Balaban J connectivity index is 1.21. The number of ketones is 1. The Morgan fingerprint density at radius 2 is 1.42 bits per heavy atom. The van der Waals surface area contributed by atoms with Crippen molar-refractivity contribution in [2.75, 3.05) is 50.7 Å². The summed E-state index contributed by atoms with van der Waals surface area (Å²) >= 11 is 0. The zero-order valence-corrected chi connectivity index (χ0v) is 15.3. The molecule has 0 bridgehead atoms. The quantitative estimate of drug-likeness (QED) is 0.829. The van der Waals surface area contributed by atoms with Crippen LogP contribution in [0.1, 0.15) is 22.3 Å². The van der Waals surface area contributed by atoms with Crippen LogP contribution >= 0.6 is 0 Å². The average Bonchev–Trinajstić information content (AvgIpc) is 2.69. The standard InChI is InChI=1S/C22H27N3O/c26-22-18-24(17-19-7-4-5-10-21(19)22)12-6-11-23-13-15-25(16-14-23)20-8-2-1-3-9-20/h1-5,7-10H,6,11-18H2. The van der Waals surface area contributed by atoms with Gasteiger partial charge in [0.1, 0.15) is 0 Å². The van der Waals surface area contributed by atoms with Gasteiger partial charge in [0.2, 0.25) is 0 Å². The molecule has 0 aliphatic carbocycles. The van der Waals surface area contributed by atoms with E-state index in [1.54, 1.807) is 0 Å². The summed E-state index contributed by atoms with van der Waals surface area (Å²) in [4.78, 5) is 19.6. The van der Waals surface area contributed by atoms with Gasteiger partial charge in [0, 0.05) is 50.5 Å². The largest absolute Gasteiger partial charge is 0.369 e. The maximum absolute atomic E-state index is 12.3. The summed E-state index contributed by atoms with van der Waals surface area (Å²) in [6.45, 7) is 8.03. The number of anilines is 1. The third-order valence-corrected chi connectivity index (χ3v) is 5.52. The number of para-hydroxylation sites is 1. The van der Waals surface area contributed by atoms with E-state index in [0.717, 1.165) is 57.8 Å². The second-order valence-electron chi connectivity index (χ2n) is 7.31. The van der Waals surface area contributed by atoms with E-state index >= 15 is 0 Å². The molecule has 2 aliphatic heterocycles. The van der Waals surface area contributed by atoms with E-state index in [4.69, 9.17) is 0 Å². The van der Waals surface area contributed by atoms with Crippen molar-refractivity contribution < 1.29 is 4.79 Å². The molecule has 2 aromatic rings. The van der Waals surface area contributed by atoms with Crippen molar-refractivity contribution in [2.45, 2.75) is 13.0 Å². The monoisotopic (exact) mass is 349 g/mol. The third kappa shape index (κ3) is 3.97. The topological polar surface area (TPSA) is 26.8 Å². The van der Waals surface area contributed by atoms with Crippen molar-refractivity contribution in [1.82, 2.24) is 9.80 Å². The zero-order chi connectivity index (χ0) is 17.8. The number of carbonyl (C=O) groups excluding carboxylic acids is 1. The summed E-state index contributed by atoms with van der Waals surface area (Å²) in [7, 11) is 0. The lowest BCUT2D eigenvalue weighted by Gasteiger charge is -2.36. The number of Topliss-reactive ketones (excluding diaryl/α,β-unsaturated/α-hetero) is 1. The minimum atomic E-state index is 0.267. The molecule has 0 atom stereocenters. The first-order chi connectivity index (χ1) is 12.8. The van der Waals surface area contributed by atoms with E-state index in [9.17, 15) is 4.79 Å². The van der Waals surface area contributed by atoms with Crippen molar-refractivity contribution in [2.24, 2.45) is 0 Å². The number of hydrogen-bond acceptors (Lipinski definition) is 4. The molecule has 4 nitrogen and oxygen atoms in total. The molecular weight excluding hydrogens is 322 g/mol. The molecule has 0 amide bonds. The summed E-state index contributed by atoms with van der Waals surface area (Å²) < 4.78 is 0. The molecule has 0 saturated carbocycles. The van der Waals surface area contributed by atoms with Gasteiger partial charge in [0.15, 0.2) is 5.78 Å². The molecule has 4 heteroatoms. The summed E-state index contributed by atoms with van der Waals surface area (Å²) in [5, 5.41) is 0. The summed E-state index contributed by atoms with van der Waals surface area (Å²) in [6.07, 6.45) is 1.13. The van der Waals surface area contributed by atoms with Gasteiger partial charge in [0.05, 0.1) is 6.54 Å². The van der Waals surface area contributed by atoms with Gasteiger partial charge < -0.3 is 4.90 Å². The lowest BCUT2D eigenvalue weighted by atomic mass is 9.99. The van der Waals surface area contributed by atoms with Crippen LogP contribution < -0.4 is 4.90 Å². The highest BCUT2D eigenvalue weighted by Gasteiger charge is 2.22. The molecule has 0 N–H and O–H groups in total. The summed E-state index contributed by atoms with van der Waals surface area (Å²) in [5.41, 5.74) is 3.43. The SMILES string of the molecule is O=C1CN(CCCN2CCN(c3ccccc3)CC2)Cc2ccccc21. The van der Waals surface area contributed by atoms with Crippen LogP contribution in [0.4, 0.5) is 5.69 Å². The molecule has 26 heavy (non-hydrogen) atoms. The molecular formula is C22H27N3O. The summed E-state index contributed by atoms with van der Waals surface area (Å²) in [6, 6.07) is 18.7. The first-order valence-electron chi connectivity index (χ1n) is 9.65. The van der Waals surface area contributed by atoms with Crippen LogP contribution in [0.15, 0.2) is 54.6 Å². The van der Waals surface area contributed by atoms with Crippen LogP contribution in [0.5, 0.6) is 0 Å². The minimum absolute atomic E-state index is 0.267. The number of rotatable bonds is 5. The van der Waals surface area contributed by atoms with Gasteiger partial charge in [-0.2, -0.15) is 0 Å². The maximum Gasteiger partial charge on any atom is 0.177 e. The van der Waals surface area contributed by atoms with Crippen LogP contribution in [0.25, 0.3) is 0 Å². The lowest BCUT2D eigenvalue weighted by Crippen LogP contribution is -2.47. The Labute approximate surface area is 156 Å². The predicted octanol–water partition coefficient (Wildman–Crippen LogP) is 2.90. The maximum atomic E-state index is 12.3. The van der Waals surface area contributed by atoms with Crippen molar-refractivity contribution in [3.05, 3.63) is 65.7 Å². The highest BCUT2D eigenvalue weighted by atomic mass is 16.1. The first kappa shape index (κ1) is 17.3. The van der Waals surface area contributed by atoms with E-state index in [0.29, 0.717) is 6.54 Å². The fourth-order valence-corrected chi connectivity index (χ4v) is 4.06. The number of nitrogens with zero attached hydrogens (tertiary/aromatic N) is 3. The molecule has 136 valence electrons. The van der Waals surface area contributed by atoms with Crippen LogP contribution in [-0.2, 0) is 6.54 Å². The smallest absolute Gasteiger partial charge is 0.177 e. The Kier molecular flexibility index (Phi) is 5.32. The Morgan fingerprint density at radius 1 is 0.731 bits per heavy atom. The van der Waals surface area contributed by atoms with E-state index < -0.39 is 0 Å². The molecule has 4 rings (SSSR count). The Morgan fingerprint density at radius 3 is 2.23 bits per heavy atom. The number of carbonyl (C=O) groups is 1. The number of fused-ring (bicyclic) bond motifs is 1. The Bertz CT molecular complexity index is 738. The second kappa shape index (κ2) is 8.02. The first-order valence-corrected chi connectivity index (χ1v) is 9.65. The number of hydrogen-bond donors (Lipinski definition) is 0. The highest BCUT2D eigenvalue weighted by Crippen LogP contribution is 2.19. The molecule has 1 saturated heterocycles. The zero-order valence-electron chi connectivity index (χ0n) is 15.3. The molecule has 2 heterocycles. The van der Waals surface area contributed by atoms with E-state index in [2.05, 4.69) is 51.1 Å². The molecule has 0 spiro atoms. The van der Waals surface area contributed by atoms with E-state index in [1.807, 2.05) is 18.2 Å². The van der Waals surface area contributed by atoms with Crippen molar-refractivity contribution in [1.29, 1.82) is 0 Å². The van der Waals surface area contributed by atoms with Gasteiger partial charge in [-0.05, 0) is 30.7 Å². The van der Waals surface area contributed by atoms with Crippen molar-refractivity contribution in [3.8, 4) is 0 Å². The van der Waals surface area contributed by atoms with Gasteiger partial charge in [-0.1, -0.05) is 42.5 Å². The highest BCUT2D eigenvalue weighted by molar-refractivity contribution is 5.99. The van der Waals surface area contributed by atoms with E-state index in [1.165, 1.54) is 11.3 Å². The van der Waals surface area contributed by atoms with Crippen LogP contribution in [-0.4, -0.2) is 61.4 Å². The lowest BCUT2D eigenvalue weighted by molar-refractivity contribution is 0.0895. The minimum Gasteiger partial charge on any atom is -0.369 e. The molecule has 2 aliphatic rings. The van der Waals surface area contributed by atoms with Crippen LogP contribution in [0.2, 0.25) is 0 Å². The number of piperazine rings is 1. The van der Waals surface area contributed by atoms with Gasteiger partial charge in [-0.25, -0.2) is 0 Å². The van der Waals surface area contributed by atoms with Crippen LogP contribution in [0, 0.1) is 0 Å². The number of benzene rings is 2. The molecule has 0 unspecified atom stereocenters. The normalized spacial score (nSPS) is 18.8. The third-order valence-electron chi connectivity index (χ3n) is 5.52. The van der Waals surface area contributed by atoms with Crippen LogP contribution in [0.3, 0.4) is 0 Å². The molecule has 0 aromatic heterocycles. The Hall–Kier alpha value is -2.17. The average molecular weight is 349 g/mol. The molecule has 0 radical (unpaired) electrons. The van der Waals surface area contributed by atoms with Gasteiger partial charge >= 0.3 is 0 Å². The van der Waals surface area contributed by atoms with Crippen molar-refractivity contribution in [3.63, 3.8) is 0 Å². The predicted molar refractivity (Wildman–Crippen MR) is 106 cm³/mol. The second-order valence-corrected chi connectivity index (χ2v) is 7.31. The van der Waals surface area contributed by atoms with E-state index in [-0.39, 0.29) is 5.78 Å². The van der Waals surface area contributed by atoms with Gasteiger partial charge in [-0.15, -0.1) is 0 Å². The molecule has 1 fully saturated rings. The van der Waals surface area contributed by atoms with Gasteiger partial charge in [-0.3, -0.25) is 14.6 Å². The fourth-order valence-electron chi connectivity index (χ4n) is 4.06. The molecule has 2 aromatic carbocycles. The van der Waals surface area contributed by atoms with Gasteiger partial charge in [0.25, 0.3) is 0 Å².